The van der Waals surface area contributed by atoms with Crippen molar-refractivity contribution in [2.75, 3.05) is 0 Å². The molecule has 0 aliphatic carbocycles. The van der Waals surface area contributed by atoms with Gasteiger partial charge in [0.1, 0.15) is 6.04 Å². The van der Waals surface area contributed by atoms with Crippen LogP contribution in [0.4, 0.5) is 0 Å². The zero-order chi connectivity index (χ0) is 24.6. The highest BCUT2D eigenvalue weighted by molar-refractivity contribution is 6.00. The molecule has 0 radical (unpaired) electrons. The summed E-state index contributed by atoms with van der Waals surface area (Å²) in [5, 5.41) is 6.41. The molecule has 1 saturated heterocycles. The number of nitrogens with zero attached hydrogens (tertiary/aromatic N) is 4. The van der Waals surface area contributed by atoms with Crippen LogP contribution in [0, 0.1) is 0 Å². The number of piperidine rings is 1. The number of rotatable bonds is 5. The van der Waals surface area contributed by atoms with Crippen LogP contribution in [-0.4, -0.2) is 31.5 Å². The van der Waals surface area contributed by atoms with E-state index in [9.17, 15) is 14.4 Å². The number of benzene rings is 2. The molecule has 1 fully saturated rings. The molecular formula is C26H19N5O5. The Balaban J connectivity index is 1.28. The zero-order valence-corrected chi connectivity index (χ0v) is 18.9. The highest BCUT2D eigenvalue weighted by atomic mass is 16.5. The number of carbonyl (C=O) groups is 2. The normalized spacial score (nSPS) is 15.8. The first kappa shape index (κ1) is 21.7. The van der Waals surface area contributed by atoms with Crippen molar-refractivity contribution in [2.45, 2.75) is 25.3 Å². The summed E-state index contributed by atoms with van der Waals surface area (Å²) in [4.78, 5) is 45.1. The van der Waals surface area contributed by atoms with Crippen molar-refractivity contribution >= 4 is 22.9 Å². The van der Waals surface area contributed by atoms with Crippen molar-refractivity contribution in [3.8, 4) is 22.5 Å². The molecule has 5 aromatic rings. The lowest BCUT2D eigenvalue weighted by Gasteiger charge is -2.21. The van der Waals surface area contributed by atoms with Crippen molar-refractivity contribution in [1.82, 2.24) is 25.0 Å². The molecule has 0 saturated carbocycles. The summed E-state index contributed by atoms with van der Waals surface area (Å²) < 4.78 is 12.1. The predicted octanol–water partition coefficient (Wildman–Crippen LogP) is 3.28. The van der Waals surface area contributed by atoms with Crippen LogP contribution in [0.5, 0.6) is 0 Å². The third-order valence-corrected chi connectivity index (χ3v) is 6.14. The van der Waals surface area contributed by atoms with Gasteiger partial charge in [-0.3, -0.25) is 24.5 Å². The van der Waals surface area contributed by atoms with Crippen molar-refractivity contribution in [3.05, 3.63) is 89.0 Å². The molecule has 10 heteroatoms. The summed E-state index contributed by atoms with van der Waals surface area (Å²) >= 11 is 0. The highest BCUT2D eigenvalue weighted by Crippen LogP contribution is 2.26. The lowest BCUT2D eigenvalue weighted by molar-refractivity contribution is -0.135. The molecule has 0 bridgehead atoms. The Bertz CT molecular complexity index is 1670. The summed E-state index contributed by atoms with van der Waals surface area (Å²) in [5.74, 6) is -0.659. The van der Waals surface area contributed by atoms with E-state index in [2.05, 4.69) is 20.4 Å². The summed E-state index contributed by atoms with van der Waals surface area (Å²) in [6.45, 7) is 0. The molecular weight excluding hydrogens is 462 g/mol. The molecule has 2 aromatic carbocycles. The van der Waals surface area contributed by atoms with Crippen LogP contribution in [0.25, 0.3) is 33.6 Å². The number of aromatic nitrogens is 4. The van der Waals surface area contributed by atoms with E-state index in [0.717, 1.165) is 22.3 Å². The fourth-order valence-electron chi connectivity index (χ4n) is 4.40. The molecule has 1 unspecified atom stereocenters. The van der Waals surface area contributed by atoms with Crippen LogP contribution in [0.2, 0.25) is 0 Å². The van der Waals surface area contributed by atoms with Gasteiger partial charge >= 0.3 is 5.76 Å². The number of carbonyl (C=O) groups excluding carboxylic acids is 2. The number of pyridine rings is 1. The van der Waals surface area contributed by atoms with Gasteiger partial charge in [0.2, 0.25) is 23.5 Å². The van der Waals surface area contributed by atoms with Crippen molar-refractivity contribution in [1.29, 1.82) is 0 Å². The molecule has 0 spiro atoms. The van der Waals surface area contributed by atoms with E-state index in [-0.39, 0.29) is 18.7 Å². The Hall–Kier alpha value is -4.86. The number of nitrogens with one attached hydrogen (secondary N) is 1. The minimum Gasteiger partial charge on any atom is -0.408 e. The van der Waals surface area contributed by atoms with Crippen LogP contribution in [0.1, 0.15) is 30.3 Å². The average molecular weight is 481 g/mol. The average Bonchev–Trinajstić information content (AvgIpc) is 3.48. The van der Waals surface area contributed by atoms with E-state index in [1.807, 2.05) is 36.4 Å². The number of amides is 2. The van der Waals surface area contributed by atoms with Crippen LogP contribution in [0.15, 0.2) is 80.7 Å². The van der Waals surface area contributed by atoms with Gasteiger partial charge in [-0.05, 0) is 41.8 Å². The number of imide groups is 1. The molecule has 178 valence electrons. The third-order valence-electron chi connectivity index (χ3n) is 6.14. The first-order valence-corrected chi connectivity index (χ1v) is 11.4. The summed E-state index contributed by atoms with van der Waals surface area (Å²) in [5.41, 5.74) is 4.40. The fraction of sp³-hybridized carbons (Fsp3) is 0.154. The third kappa shape index (κ3) is 3.98. The Morgan fingerprint density at radius 3 is 2.69 bits per heavy atom. The van der Waals surface area contributed by atoms with Gasteiger partial charge in [0.25, 0.3) is 0 Å². The summed E-state index contributed by atoms with van der Waals surface area (Å²) in [7, 11) is 0. The topological polar surface area (TPSA) is 133 Å². The molecule has 6 rings (SSSR count). The molecule has 2 amide bonds. The second-order valence-corrected chi connectivity index (χ2v) is 8.52. The Morgan fingerprint density at radius 2 is 1.86 bits per heavy atom. The minimum atomic E-state index is -0.811. The second kappa shape index (κ2) is 8.73. The number of fused-ring (bicyclic) bond motifs is 1. The molecule has 1 aliphatic heterocycles. The maximum Gasteiger partial charge on any atom is 0.420 e. The van der Waals surface area contributed by atoms with E-state index in [1.54, 1.807) is 30.6 Å². The Kier molecular flexibility index (Phi) is 5.25. The van der Waals surface area contributed by atoms with Gasteiger partial charge in [0.05, 0.1) is 11.9 Å². The van der Waals surface area contributed by atoms with E-state index < -0.39 is 17.7 Å². The molecule has 4 heterocycles. The van der Waals surface area contributed by atoms with Crippen LogP contribution < -0.4 is 11.1 Å². The first-order valence-electron chi connectivity index (χ1n) is 11.4. The molecule has 36 heavy (non-hydrogen) atoms. The quantitative estimate of drug-likeness (QED) is 0.378. The van der Waals surface area contributed by atoms with Crippen molar-refractivity contribution < 1.29 is 18.5 Å². The SMILES string of the molecule is O=C1CCC(n2c(=O)oc3ccc(Cc4nc(-c5cccc(-c6cccnc6)c5)no4)cc32)C(=O)N1. The van der Waals surface area contributed by atoms with Crippen LogP contribution >= 0.6 is 0 Å². The maximum atomic E-state index is 12.5. The minimum absolute atomic E-state index is 0.155. The zero-order valence-electron chi connectivity index (χ0n) is 18.9. The number of oxazole rings is 1. The van der Waals surface area contributed by atoms with Crippen LogP contribution in [-0.2, 0) is 16.0 Å². The van der Waals surface area contributed by atoms with E-state index >= 15 is 0 Å². The smallest absolute Gasteiger partial charge is 0.408 e. The van der Waals surface area contributed by atoms with Gasteiger partial charge in [0, 0.05) is 29.9 Å². The fourth-order valence-corrected chi connectivity index (χ4v) is 4.40. The highest BCUT2D eigenvalue weighted by Gasteiger charge is 2.31. The van der Waals surface area contributed by atoms with E-state index in [0.29, 0.717) is 29.2 Å². The van der Waals surface area contributed by atoms with Crippen molar-refractivity contribution in [2.24, 2.45) is 0 Å². The molecule has 1 aliphatic rings. The lowest BCUT2D eigenvalue weighted by atomic mass is 10.0. The predicted molar refractivity (Wildman–Crippen MR) is 128 cm³/mol. The largest absolute Gasteiger partial charge is 0.420 e. The lowest BCUT2D eigenvalue weighted by Crippen LogP contribution is -2.43. The van der Waals surface area contributed by atoms with Gasteiger partial charge in [-0.25, -0.2) is 4.79 Å². The van der Waals surface area contributed by atoms with Gasteiger partial charge in [-0.2, -0.15) is 4.98 Å². The number of hydrogen-bond donors (Lipinski definition) is 1. The van der Waals surface area contributed by atoms with Gasteiger partial charge < -0.3 is 8.94 Å². The molecule has 3 aromatic heterocycles. The molecule has 1 atom stereocenters. The van der Waals surface area contributed by atoms with Gasteiger partial charge in [-0.15, -0.1) is 0 Å². The molecule has 1 N–H and O–H groups in total. The monoisotopic (exact) mass is 481 g/mol. The van der Waals surface area contributed by atoms with Gasteiger partial charge in [0.15, 0.2) is 5.58 Å². The maximum absolute atomic E-state index is 12.5. The van der Waals surface area contributed by atoms with Gasteiger partial charge in [-0.1, -0.05) is 35.5 Å². The first-order chi connectivity index (χ1) is 17.5. The summed E-state index contributed by atoms with van der Waals surface area (Å²) in [6.07, 6.45) is 4.22. The van der Waals surface area contributed by atoms with E-state index in [4.69, 9.17) is 8.94 Å². The number of hydrogen-bond acceptors (Lipinski definition) is 8. The second-order valence-electron chi connectivity index (χ2n) is 8.52. The van der Waals surface area contributed by atoms with Crippen molar-refractivity contribution in [3.63, 3.8) is 0 Å². The Labute approximate surface area is 203 Å². The standard InChI is InChI=1S/C26H19N5O5/c32-22-9-7-19(25(33)28-22)31-20-11-15(6-8-21(20)35-26(31)34)12-23-29-24(30-36-23)17-4-1-3-16(13-17)18-5-2-10-27-14-18/h1-6,8,10-11,13-14,19H,7,9,12H2,(H,28,32,33). The summed E-state index contributed by atoms with van der Waals surface area (Å²) in [6, 6.07) is 16.1. The Morgan fingerprint density at radius 1 is 1.00 bits per heavy atom. The molecule has 10 nitrogen and oxygen atoms in total. The van der Waals surface area contributed by atoms with Crippen LogP contribution in [0.3, 0.4) is 0 Å². The van der Waals surface area contributed by atoms with E-state index in [1.165, 1.54) is 4.57 Å².